The molecule has 7 heteroatoms. The number of carbonyl (C=O) groups is 1. The van der Waals surface area contributed by atoms with Crippen LogP contribution < -0.4 is 5.56 Å². The Morgan fingerprint density at radius 2 is 1.54 bits per heavy atom. The van der Waals surface area contributed by atoms with Gasteiger partial charge in [-0.15, -0.1) is 0 Å². The molecule has 0 saturated heterocycles. The van der Waals surface area contributed by atoms with Gasteiger partial charge in [-0.3, -0.25) is 24.3 Å². The van der Waals surface area contributed by atoms with E-state index in [2.05, 4.69) is 0 Å². The Bertz CT molecular complexity index is 993. The third-order valence-electron chi connectivity index (χ3n) is 4.50. The van der Waals surface area contributed by atoms with Gasteiger partial charge in [0.25, 0.3) is 11.2 Å². The van der Waals surface area contributed by atoms with Gasteiger partial charge in [-0.05, 0) is 11.1 Å². The van der Waals surface area contributed by atoms with E-state index < -0.39 is 10.5 Å². The van der Waals surface area contributed by atoms with Crippen LogP contribution in [0.5, 0.6) is 0 Å². The predicted octanol–water partition coefficient (Wildman–Crippen LogP) is 3.00. The van der Waals surface area contributed by atoms with Gasteiger partial charge in [0, 0.05) is 19.2 Å². The lowest BCUT2D eigenvalue weighted by molar-refractivity contribution is -0.385. The Hall–Kier alpha value is -3.74. The van der Waals surface area contributed by atoms with Crippen molar-refractivity contribution in [3.63, 3.8) is 0 Å². The number of rotatable bonds is 6. The molecular weight excluding hydrogens is 358 g/mol. The second kappa shape index (κ2) is 8.30. The summed E-state index contributed by atoms with van der Waals surface area (Å²) >= 11 is 0. The van der Waals surface area contributed by atoms with Crippen molar-refractivity contribution >= 4 is 11.6 Å². The molecule has 1 heterocycles. The average molecular weight is 377 g/mol. The van der Waals surface area contributed by atoms with E-state index in [9.17, 15) is 19.7 Å². The van der Waals surface area contributed by atoms with Crippen LogP contribution >= 0.6 is 0 Å². The first-order chi connectivity index (χ1) is 13.5. The molecule has 0 bridgehead atoms. The second-order valence-electron chi connectivity index (χ2n) is 6.34. The van der Waals surface area contributed by atoms with Gasteiger partial charge in [0.05, 0.1) is 17.2 Å². The van der Waals surface area contributed by atoms with Gasteiger partial charge in [-0.2, -0.15) is 0 Å². The predicted molar refractivity (Wildman–Crippen MR) is 105 cm³/mol. The van der Waals surface area contributed by atoms with Crippen molar-refractivity contribution in [3.8, 4) is 0 Å². The van der Waals surface area contributed by atoms with Crippen LogP contribution in [0.25, 0.3) is 0 Å². The summed E-state index contributed by atoms with van der Waals surface area (Å²) in [6.07, 6.45) is 1.09. The van der Waals surface area contributed by atoms with Crippen molar-refractivity contribution in [2.75, 3.05) is 7.05 Å². The number of amides is 1. The molecule has 0 aliphatic heterocycles. The molecule has 0 aliphatic rings. The minimum Gasteiger partial charge on any atom is -0.333 e. The van der Waals surface area contributed by atoms with E-state index in [1.54, 1.807) is 11.9 Å². The highest BCUT2D eigenvalue weighted by Gasteiger charge is 2.24. The fourth-order valence-electron chi connectivity index (χ4n) is 3.06. The largest absolute Gasteiger partial charge is 0.333 e. The van der Waals surface area contributed by atoms with E-state index in [0.717, 1.165) is 34.0 Å². The number of likely N-dealkylation sites (N-methyl/N-ethyl adjacent to an activating group) is 1. The lowest BCUT2D eigenvalue weighted by Crippen LogP contribution is -2.36. The second-order valence-corrected chi connectivity index (χ2v) is 6.34. The van der Waals surface area contributed by atoms with E-state index in [1.807, 2.05) is 60.7 Å². The Morgan fingerprint density at radius 1 is 1.00 bits per heavy atom. The highest BCUT2D eigenvalue weighted by Crippen LogP contribution is 2.27. The topological polar surface area (TPSA) is 85.4 Å². The molecule has 0 spiro atoms. The van der Waals surface area contributed by atoms with Gasteiger partial charge in [-0.25, -0.2) is 0 Å². The molecule has 3 rings (SSSR count). The smallest absolute Gasteiger partial charge is 0.285 e. The molecule has 3 aromatic rings. The molecule has 0 radical (unpaired) electrons. The number of carbonyl (C=O) groups excluding carboxylic acids is 1. The van der Waals surface area contributed by atoms with Crippen LogP contribution in [-0.2, 0) is 11.3 Å². The average Bonchev–Trinajstić information content (AvgIpc) is 2.71. The monoisotopic (exact) mass is 377 g/mol. The Balaban J connectivity index is 1.92. The van der Waals surface area contributed by atoms with Crippen LogP contribution in [0.4, 0.5) is 5.69 Å². The molecule has 1 aromatic heterocycles. The number of nitrogens with zero attached hydrogens (tertiary/aromatic N) is 3. The minimum absolute atomic E-state index is 0.238. The fraction of sp³-hybridized carbons (Fsp3) is 0.143. The first-order valence-corrected chi connectivity index (χ1v) is 8.68. The van der Waals surface area contributed by atoms with Crippen LogP contribution in [0.1, 0.15) is 17.2 Å². The molecular formula is C21H19N3O4. The maximum Gasteiger partial charge on any atom is 0.285 e. The number of aromatic nitrogens is 1. The van der Waals surface area contributed by atoms with Crippen molar-refractivity contribution in [2.45, 2.75) is 12.6 Å². The molecule has 0 fully saturated rings. The van der Waals surface area contributed by atoms with E-state index >= 15 is 0 Å². The third-order valence-corrected chi connectivity index (χ3v) is 4.50. The minimum atomic E-state index is -0.596. The van der Waals surface area contributed by atoms with E-state index in [4.69, 9.17) is 0 Å². The lowest BCUT2D eigenvalue weighted by Gasteiger charge is -2.29. The maximum atomic E-state index is 12.9. The summed E-state index contributed by atoms with van der Waals surface area (Å²) in [5, 5.41) is 11.0. The fourth-order valence-corrected chi connectivity index (χ4v) is 3.06. The number of hydrogen-bond acceptors (Lipinski definition) is 4. The van der Waals surface area contributed by atoms with Gasteiger partial charge >= 0.3 is 0 Å². The van der Waals surface area contributed by atoms with E-state index in [-0.39, 0.29) is 24.2 Å². The summed E-state index contributed by atoms with van der Waals surface area (Å²) in [6.45, 7) is -0.285. The number of pyridine rings is 1. The molecule has 0 aliphatic carbocycles. The molecule has 0 saturated carbocycles. The molecule has 28 heavy (non-hydrogen) atoms. The Morgan fingerprint density at radius 3 is 2.04 bits per heavy atom. The first kappa shape index (κ1) is 19.0. The van der Waals surface area contributed by atoms with Crippen LogP contribution in [0.3, 0.4) is 0 Å². The van der Waals surface area contributed by atoms with Crippen LogP contribution in [0, 0.1) is 10.1 Å². The summed E-state index contributed by atoms with van der Waals surface area (Å²) < 4.78 is 1.06. The van der Waals surface area contributed by atoms with Gasteiger partial charge in [0.2, 0.25) is 5.91 Å². The highest BCUT2D eigenvalue weighted by molar-refractivity contribution is 5.77. The zero-order chi connectivity index (χ0) is 20.1. The Labute approximate surface area is 161 Å². The number of benzene rings is 2. The van der Waals surface area contributed by atoms with Gasteiger partial charge in [-0.1, -0.05) is 60.7 Å². The van der Waals surface area contributed by atoms with Crippen molar-refractivity contribution in [1.82, 2.24) is 9.47 Å². The zero-order valence-electron chi connectivity index (χ0n) is 15.3. The SMILES string of the molecule is CN(C(=O)Cn1cc([N+](=O)[O-])ccc1=O)C(c1ccccc1)c1ccccc1. The molecule has 1 amide bonds. The van der Waals surface area contributed by atoms with E-state index in [1.165, 1.54) is 0 Å². The quantitative estimate of drug-likeness (QED) is 0.488. The summed E-state index contributed by atoms with van der Waals surface area (Å²) in [5.41, 5.74) is 1.15. The summed E-state index contributed by atoms with van der Waals surface area (Å²) in [7, 11) is 1.66. The van der Waals surface area contributed by atoms with Crippen molar-refractivity contribution in [1.29, 1.82) is 0 Å². The summed E-state index contributed by atoms with van der Waals surface area (Å²) in [4.78, 5) is 36.9. The first-order valence-electron chi connectivity index (χ1n) is 8.68. The van der Waals surface area contributed by atoms with Crippen LogP contribution in [-0.4, -0.2) is 27.3 Å². The summed E-state index contributed by atoms with van der Waals surface area (Å²) in [6, 6.07) is 21.0. The van der Waals surface area contributed by atoms with Gasteiger partial charge < -0.3 is 4.90 Å². The van der Waals surface area contributed by atoms with Crippen molar-refractivity contribution in [2.24, 2.45) is 0 Å². The standard InChI is InChI=1S/C21H19N3O4/c1-22(20(26)15-23-14-18(24(27)28)12-13-19(23)25)21(16-8-4-2-5-9-16)17-10-6-3-7-11-17/h2-14,21H,15H2,1H3. The lowest BCUT2D eigenvalue weighted by atomic mass is 9.97. The highest BCUT2D eigenvalue weighted by atomic mass is 16.6. The van der Waals surface area contributed by atoms with Crippen LogP contribution in [0.2, 0.25) is 0 Å². The van der Waals surface area contributed by atoms with Crippen LogP contribution in [0.15, 0.2) is 83.8 Å². The van der Waals surface area contributed by atoms with Crippen molar-refractivity contribution < 1.29 is 9.72 Å². The van der Waals surface area contributed by atoms with Gasteiger partial charge in [0.15, 0.2) is 0 Å². The normalized spacial score (nSPS) is 10.6. The van der Waals surface area contributed by atoms with Gasteiger partial charge in [0.1, 0.15) is 6.54 Å². The van der Waals surface area contributed by atoms with Crippen molar-refractivity contribution in [3.05, 3.63) is 111 Å². The Kier molecular flexibility index (Phi) is 5.64. The molecule has 142 valence electrons. The van der Waals surface area contributed by atoms with E-state index in [0.29, 0.717) is 0 Å². The molecule has 7 nitrogen and oxygen atoms in total. The molecule has 2 aromatic carbocycles. The number of nitro groups is 1. The molecule has 0 unspecified atom stereocenters. The zero-order valence-corrected chi connectivity index (χ0v) is 15.3. The number of hydrogen-bond donors (Lipinski definition) is 0. The maximum absolute atomic E-state index is 12.9. The molecule has 0 atom stereocenters. The molecule has 0 N–H and O–H groups in total. The third kappa shape index (κ3) is 4.15. The summed E-state index contributed by atoms with van der Waals surface area (Å²) in [5.74, 6) is -0.333.